The van der Waals surface area contributed by atoms with Crippen LogP contribution in [-0.2, 0) is 9.47 Å². The molecule has 0 spiro atoms. The fourth-order valence-corrected chi connectivity index (χ4v) is 1.30. The molecule has 0 aliphatic carbocycles. The molecule has 0 radical (unpaired) electrons. The molecule has 0 bridgehead atoms. The molecule has 0 rings (SSSR count). The monoisotopic (exact) mass is 416 g/mol. The number of alkyl carbamates (subject to hydrolysis) is 1. The van der Waals surface area contributed by atoms with Crippen LogP contribution in [0.15, 0.2) is 4.99 Å². The minimum absolute atomic E-state index is 0. The van der Waals surface area contributed by atoms with E-state index in [2.05, 4.69) is 20.9 Å². The van der Waals surface area contributed by atoms with Crippen molar-refractivity contribution in [2.24, 2.45) is 4.99 Å². The maximum atomic E-state index is 11.4. The highest BCUT2D eigenvalue weighted by molar-refractivity contribution is 14.0. The van der Waals surface area contributed by atoms with Gasteiger partial charge in [0.25, 0.3) is 0 Å². The van der Waals surface area contributed by atoms with Gasteiger partial charge in [-0.2, -0.15) is 0 Å². The summed E-state index contributed by atoms with van der Waals surface area (Å²) in [4.78, 5) is 15.5. The molecule has 3 N–H and O–H groups in total. The highest BCUT2D eigenvalue weighted by Crippen LogP contribution is 2.05. The lowest BCUT2D eigenvalue weighted by atomic mass is 10.2. The van der Waals surface area contributed by atoms with Crippen LogP contribution in [0.1, 0.15) is 27.2 Å². The Bertz CT molecular complexity index is 306. The molecule has 0 saturated heterocycles. The molecule has 8 heteroatoms. The van der Waals surface area contributed by atoms with Gasteiger partial charge in [-0.25, -0.2) is 4.79 Å². The highest BCUT2D eigenvalue weighted by Gasteiger charge is 2.15. The molecule has 0 aromatic rings. The molecular formula is C13H29IN4O3. The van der Waals surface area contributed by atoms with E-state index in [-0.39, 0.29) is 24.0 Å². The first kappa shape index (κ1) is 22.5. The number of amides is 1. The first-order chi connectivity index (χ1) is 9.39. The molecule has 0 aliphatic rings. The Morgan fingerprint density at radius 3 is 2.19 bits per heavy atom. The van der Waals surface area contributed by atoms with Gasteiger partial charge in [-0.1, -0.05) is 0 Å². The third-order valence-corrected chi connectivity index (χ3v) is 2.13. The summed E-state index contributed by atoms with van der Waals surface area (Å²) < 4.78 is 10.1. The van der Waals surface area contributed by atoms with E-state index < -0.39 is 11.7 Å². The summed E-state index contributed by atoms with van der Waals surface area (Å²) in [6.45, 7) is 8.03. The Morgan fingerprint density at radius 1 is 1.10 bits per heavy atom. The maximum Gasteiger partial charge on any atom is 0.407 e. The number of carbonyl (C=O) groups is 1. The number of guanidine groups is 1. The minimum atomic E-state index is -0.476. The van der Waals surface area contributed by atoms with Crippen LogP contribution in [0.25, 0.3) is 0 Å². The molecule has 7 nitrogen and oxygen atoms in total. The van der Waals surface area contributed by atoms with Crippen LogP contribution in [0.3, 0.4) is 0 Å². The van der Waals surface area contributed by atoms with Crippen LogP contribution in [-0.4, -0.2) is 58.1 Å². The standard InChI is InChI=1S/C13H28N4O3.HI/c1-13(2,3)20-12(18)17-9-8-16-11(14-4)15-7-6-10-19-5;/h6-10H2,1-5H3,(H,17,18)(H2,14,15,16);1H. The molecule has 0 aromatic heterocycles. The maximum absolute atomic E-state index is 11.4. The Labute approximate surface area is 144 Å². The molecule has 0 atom stereocenters. The van der Waals surface area contributed by atoms with Crippen LogP contribution in [0, 0.1) is 0 Å². The van der Waals surface area contributed by atoms with Gasteiger partial charge in [0.1, 0.15) is 5.60 Å². The summed E-state index contributed by atoms with van der Waals surface area (Å²) in [5.41, 5.74) is -0.476. The lowest BCUT2D eigenvalue weighted by Crippen LogP contribution is -2.42. The zero-order valence-electron chi connectivity index (χ0n) is 13.6. The molecule has 0 aromatic carbocycles. The van der Waals surface area contributed by atoms with E-state index in [0.717, 1.165) is 13.0 Å². The number of rotatable bonds is 7. The molecule has 0 fully saturated rings. The molecule has 0 heterocycles. The van der Waals surface area contributed by atoms with Crippen LogP contribution in [0.5, 0.6) is 0 Å². The quantitative estimate of drug-likeness (QED) is 0.253. The van der Waals surface area contributed by atoms with Crippen LogP contribution in [0.4, 0.5) is 4.79 Å². The Morgan fingerprint density at radius 2 is 1.67 bits per heavy atom. The number of halogens is 1. The lowest BCUT2D eigenvalue weighted by Gasteiger charge is -2.19. The van der Waals surface area contributed by atoms with Crippen molar-refractivity contribution in [1.82, 2.24) is 16.0 Å². The van der Waals surface area contributed by atoms with E-state index in [0.29, 0.717) is 25.7 Å². The Balaban J connectivity index is 0. The number of aliphatic imine (C=N–C) groups is 1. The second kappa shape index (κ2) is 12.9. The molecule has 1 amide bonds. The van der Waals surface area contributed by atoms with E-state index in [1.165, 1.54) is 0 Å². The number of hydrogen-bond acceptors (Lipinski definition) is 4. The van der Waals surface area contributed by atoms with Gasteiger partial charge in [0.15, 0.2) is 5.96 Å². The van der Waals surface area contributed by atoms with Crippen molar-refractivity contribution in [2.75, 3.05) is 40.4 Å². The molecule has 21 heavy (non-hydrogen) atoms. The van der Waals surface area contributed by atoms with Gasteiger partial charge >= 0.3 is 6.09 Å². The largest absolute Gasteiger partial charge is 0.444 e. The predicted molar refractivity (Wildman–Crippen MR) is 95.5 cm³/mol. The molecule has 0 aliphatic heterocycles. The average Bonchev–Trinajstić information content (AvgIpc) is 2.34. The van der Waals surface area contributed by atoms with E-state index in [1.54, 1.807) is 14.2 Å². The van der Waals surface area contributed by atoms with Crippen molar-refractivity contribution in [3.8, 4) is 0 Å². The molecule has 126 valence electrons. The van der Waals surface area contributed by atoms with Crippen molar-refractivity contribution in [2.45, 2.75) is 32.8 Å². The third-order valence-electron chi connectivity index (χ3n) is 2.13. The zero-order chi connectivity index (χ0) is 15.4. The SMILES string of the molecule is CN=C(NCCCOC)NCCNC(=O)OC(C)(C)C.I. The van der Waals surface area contributed by atoms with Crippen molar-refractivity contribution < 1.29 is 14.3 Å². The third kappa shape index (κ3) is 15.4. The van der Waals surface area contributed by atoms with Crippen molar-refractivity contribution in [1.29, 1.82) is 0 Å². The average molecular weight is 416 g/mol. The second-order valence-corrected chi connectivity index (χ2v) is 5.20. The van der Waals surface area contributed by atoms with Gasteiger partial charge in [-0.3, -0.25) is 4.99 Å². The summed E-state index contributed by atoms with van der Waals surface area (Å²) in [5, 5.41) is 8.91. The minimum Gasteiger partial charge on any atom is -0.444 e. The van der Waals surface area contributed by atoms with Gasteiger partial charge in [-0.05, 0) is 27.2 Å². The zero-order valence-corrected chi connectivity index (χ0v) is 15.9. The van der Waals surface area contributed by atoms with Crippen LogP contribution in [0.2, 0.25) is 0 Å². The summed E-state index contributed by atoms with van der Waals surface area (Å²) in [7, 11) is 3.38. The van der Waals surface area contributed by atoms with Gasteiger partial charge in [-0.15, -0.1) is 24.0 Å². The summed E-state index contributed by atoms with van der Waals surface area (Å²) >= 11 is 0. The molecule has 0 saturated carbocycles. The first-order valence-electron chi connectivity index (χ1n) is 6.79. The number of ether oxygens (including phenoxy) is 2. The van der Waals surface area contributed by atoms with Crippen molar-refractivity contribution in [3.63, 3.8) is 0 Å². The van der Waals surface area contributed by atoms with Crippen LogP contribution < -0.4 is 16.0 Å². The van der Waals surface area contributed by atoms with Gasteiger partial charge < -0.3 is 25.4 Å². The number of nitrogens with zero attached hydrogens (tertiary/aromatic N) is 1. The van der Waals surface area contributed by atoms with Crippen molar-refractivity contribution >= 4 is 36.0 Å². The molecular weight excluding hydrogens is 387 g/mol. The number of carbonyl (C=O) groups excluding carboxylic acids is 1. The van der Waals surface area contributed by atoms with E-state index in [4.69, 9.17) is 9.47 Å². The normalized spacial score (nSPS) is 11.4. The lowest BCUT2D eigenvalue weighted by molar-refractivity contribution is 0.0529. The number of nitrogens with one attached hydrogen (secondary N) is 3. The fraction of sp³-hybridized carbons (Fsp3) is 0.846. The predicted octanol–water partition coefficient (Wildman–Crippen LogP) is 1.33. The summed E-state index contributed by atoms with van der Waals surface area (Å²) in [6, 6.07) is 0. The number of methoxy groups -OCH3 is 1. The second-order valence-electron chi connectivity index (χ2n) is 5.20. The summed E-state index contributed by atoms with van der Waals surface area (Å²) in [5.74, 6) is 0.701. The first-order valence-corrected chi connectivity index (χ1v) is 6.79. The highest BCUT2D eigenvalue weighted by atomic mass is 127. The summed E-state index contributed by atoms with van der Waals surface area (Å²) in [6.07, 6.45) is 0.496. The van der Waals surface area contributed by atoms with Gasteiger partial charge in [0.05, 0.1) is 0 Å². The van der Waals surface area contributed by atoms with E-state index in [9.17, 15) is 4.79 Å². The van der Waals surface area contributed by atoms with Crippen LogP contribution >= 0.6 is 24.0 Å². The smallest absolute Gasteiger partial charge is 0.407 e. The van der Waals surface area contributed by atoms with Crippen molar-refractivity contribution in [3.05, 3.63) is 0 Å². The Hall–Kier alpha value is -0.770. The molecule has 0 unspecified atom stereocenters. The topological polar surface area (TPSA) is 84.0 Å². The van der Waals surface area contributed by atoms with Gasteiger partial charge in [0.2, 0.25) is 0 Å². The van der Waals surface area contributed by atoms with Gasteiger partial charge in [0, 0.05) is 40.4 Å². The van der Waals surface area contributed by atoms with E-state index in [1.807, 2.05) is 20.8 Å². The number of hydrogen-bond donors (Lipinski definition) is 3. The fourth-order valence-electron chi connectivity index (χ4n) is 1.30. The van der Waals surface area contributed by atoms with E-state index >= 15 is 0 Å². The Kier molecular flexibility index (Phi) is 13.9.